The van der Waals surface area contributed by atoms with Crippen molar-refractivity contribution in [3.8, 4) is 0 Å². The van der Waals surface area contributed by atoms with Crippen LogP contribution in [0.3, 0.4) is 0 Å². The van der Waals surface area contributed by atoms with Crippen LogP contribution in [0, 0.1) is 17.8 Å². The fourth-order valence-electron chi connectivity index (χ4n) is 4.61. The van der Waals surface area contributed by atoms with E-state index < -0.39 is 0 Å². The molecule has 0 aromatic heterocycles. The van der Waals surface area contributed by atoms with E-state index in [1.807, 2.05) is 0 Å². The highest BCUT2D eigenvalue weighted by Crippen LogP contribution is 2.41. The van der Waals surface area contributed by atoms with Crippen LogP contribution < -0.4 is 5.32 Å². The van der Waals surface area contributed by atoms with Crippen LogP contribution in [0.15, 0.2) is 0 Å². The molecule has 3 fully saturated rings. The summed E-state index contributed by atoms with van der Waals surface area (Å²) in [5.41, 5.74) is 0.414. The van der Waals surface area contributed by atoms with Gasteiger partial charge in [-0.1, -0.05) is 26.2 Å². The van der Waals surface area contributed by atoms with E-state index in [0.717, 1.165) is 17.8 Å². The van der Waals surface area contributed by atoms with Crippen LogP contribution in [-0.2, 0) is 0 Å². The molecule has 3 aliphatic rings. The van der Waals surface area contributed by atoms with Crippen molar-refractivity contribution in [2.24, 2.45) is 17.8 Å². The third kappa shape index (κ3) is 3.57. The Kier molecular flexibility index (Phi) is 4.72. The number of nitrogens with zero attached hydrogens (tertiary/aromatic N) is 1. The van der Waals surface area contributed by atoms with Gasteiger partial charge >= 0.3 is 0 Å². The maximum absolute atomic E-state index is 3.86. The maximum atomic E-state index is 3.86. The first-order valence-corrected chi connectivity index (χ1v) is 9.17. The minimum Gasteiger partial charge on any atom is -0.310 e. The second kappa shape index (κ2) is 6.36. The number of nitrogens with one attached hydrogen (secondary N) is 1. The highest BCUT2D eigenvalue weighted by Gasteiger charge is 2.43. The van der Waals surface area contributed by atoms with Crippen LogP contribution in [0.1, 0.15) is 65.2 Å². The third-order valence-corrected chi connectivity index (χ3v) is 6.27. The topological polar surface area (TPSA) is 15.3 Å². The molecular formula is C18H34N2. The second-order valence-corrected chi connectivity index (χ2v) is 8.00. The molecule has 20 heavy (non-hydrogen) atoms. The van der Waals surface area contributed by atoms with Gasteiger partial charge in [0, 0.05) is 18.6 Å². The molecular weight excluding hydrogens is 244 g/mol. The zero-order valence-corrected chi connectivity index (χ0v) is 13.7. The summed E-state index contributed by atoms with van der Waals surface area (Å²) in [6.45, 7) is 10.1. The summed E-state index contributed by atoms with van der Waals surface area (Å²) in [5.74, 6) is 2.98. The molecule has 3 rings (SSSR count). The Bertz CT molecular complexity index is 305. The summed E-state index contributed by atoms with van der Waals surface area (Å²) < 4.78 is 0. The molecule has 0 radical (unpaired) electrons. The standard InChI is InChI=1S/C18H34N2/c1-3-15-5-7-16(8-6-15)13-20-12-4-11-19-18(2,14-20)17-9-10-17/h15-17,19H,3-14H2,1-2H3. The van der Waals surface area contributed by atoms with Crippen LogP contribution in [0.25, 0.3) is 0 Å². The molecule has 2 nitrogen and oxygen atoms in total. The van der Waals surface area contributed by atoms with Crippen LogP contribution in [-0.4, -0.2) is 36.6 Å². The molecule has 1 atom stereocenters. The number of rotatable bonds is 4. The maximum Gasteiger partial charge on any atom is 0.0308 e. The van der Waals surface area contributed by atoms with E-state index in [-0.39, 0.29) is 0 Å². The van der Waals surface area contributed by atoms with Gasteiger partial charge in [-0.15, -0.1) is 0 Å². The lowest BCUT2D eigenvalue weighted by atomic mass is 9.80. The molecule has 0 aromatic rings. The molecule has 0 bridgehead atoms. The van der Waals surface area contributed by atoms with E-state index in [0.29, 0.717) is 5.54 Å². The molecule has 0 amide bonds. The highest BCUT2D eigenvalue weighted by atomic mass is 15.2. The predicted octanol–water partition coefficient (Wildman–Crippen LogP) is 3.67. The fourth-order valence-corrected chi connectivity index (χ4v) is 4.61. The van der Waals surface area contributed by atoms with Gasteiger partial charge in [-0.05, 0) is 69.9 Å². The second-order valence-electron chi connectivity index (χ2n) is 8.00. The minimum absolute atomic E-state index is 0.414. The first-order chi connectivity index (χ1) is 9.69. The van der Waals surface area contributed by atoms with Crippen molar-refractivity contribution in [2.45, 2.75) is 70.8 Å². The smallest absolute Gasteiger partial charge is 0.0308 e. The number of hydrogen-bond acceptors (Lipinski definition) is 2. The zero-order valence-electron chi connectivity index (χ0n) is 13.7. The quantitative estimate of drug-likeness (QED) is 0.844. The first-order valence-electron chi connectivity index (χ1n) is 9.17. The van der Waals surface area contributed by atoms with E-state index in [2.05, 4.69) is 24.1 Å². The molecule has 2 saturated carbocycles. The summed E-state index contributed by atoms with van der Waals surface area (Å²) in [5, 5.41) is 3.86. The Balaban J connectivity index is 1.51. The van der Waals surface area contributed by atoms with Crippen LogP contribution in [0.5, 0.6) is 0 Å². The Hall–Kier alpha value is -0.0800. The summed E-state index contributed by atoms with van der Waals surface area (Å²) in [4.78, 5) is 2.80. The van der Waals surface area contributed by atoms with Gasteiger partial charge in [-0.2, -0.15) is 0 Å². The van der Waals surface area contributed by atoms with E-state index in [9.17, 15) is 0 Å². The Morgan fingerprint density at radius 2 is 1.75 bits per heavy atom. The van der Waals surface area contributed by atoms with Crippen molar-refractivity contribution < 1.29 is 0 Å². The molecule has 1 aliphatic heterocycles. The monoisotopic (exact) mass is 278 g/mol. The average Bonchev–Trinajstić information content (AvgIpc) is 3.28. The summed E-state index contributed by atoms with van der Waals surface area (Å²) in [6, 6.07) is 0. The summed E-state index contributed by atoms with van der Waals surface area (Å²) in [6.07, 6.45) is 11.6. The van der Waals surface area contributed by atoms with E-state index >= 15 is 0 Å². The lowest BCUT2D eigenvalue weighted by Gasteiger charge is -2.37. The average molecular weight is 278 g/mol. The summed E-state index contributed by atoms with van der Waals surface area (Å²) in [7, 11) is 0. The Labute approximate surface area is 125 Å². The van der Waals surface area contributed by atoms with Crippen LogP contribution >= 0.6 is 0 Å². The molecule has 1 N–H and O–H groups in total. The Morgan fingerprint density at radius 3 is 2.40 bits per heavy atom. The molecule has 2 heteroatoms. The van der Waals surface area contributed by atoms with Gasteiger partial charge in [-0.25, -0.2) is 0 Å². The molecule has 0 spiro atoms. The highest BCUT2D eigenvalue weighted by molar-refractivity contribution is 5.01. The van der Waals surface area contributed by atoms with Gasteiger partial charge in [-0.3, -0.25) is 0 Å². The molecule has 1 heterocycles. The largest absolute Gasteiger partial charge is 0.310 e. The zero-order chi connectivity index (χ0) is 14.0. The molecule has 1 unspecified atom stereocenters. The lowest BCUT2D eigenvalue weighted by Crippen LogP contribution is -2.51. The SMILES string of the molecule is CCC1CCC(CN2CCCNC(C)(C3CC3)C2)CC1. The number of hydrogen-bond donors (Lipinski definition) is 1. The Morgan fingerprint density at radius 1 is 1.05 bits per heavy atom. The molecule has 1 saturated heterocycles. The minimum atomic E-state index is 0.414. The first kappa shape index (κ1) is 14.8. The fraction of sp³-hybridized carbons (Fsp3) is 1.00. The lowest BCUT2D eigenvalue weighted by molar-refractivity contribution is 0.149. The molecule has 0 aromatic carbocycles. The van der Waals surface area contributed by atoms with Gasteiger partial charge in [0.15, 0.2) is 0 Å². The van der Waals surface area contributed by atoms with Gasteiger partial charge in [0.05, 0.1) is 0 Å². The van der Waals surface area contributed by atoms with Gasteiger partial charge in [0.2, 0.25) is 0 Å². The van der Waals surface area contributed by atoms with Crippen molar-refractivity contribution in [1.82, 2.24) is 10.2 Å². The van der Waals surface area contributed by atoms with Crippen molar-refractivity contribution >= 4 is 0 Å². The van der Waals surface area contributed by atoms with E-state index in [1.54, 1.807) is 0 Å². The summed E-state index contributed by atoms with van der Waals surface area (Å²) >= 11 is 0. The van der Waals surface area contributed by atoms with E-state index in [4.69, 9.17) is 0 Å². The third-order valence-electron chi connectivity index (χ3n) is 6.27. The van der Waals surface area contributed by atoms with Crippen LogP contribution in [0.4, 0.5) is 0 Å². The van der Waals surface area contributed by atoms with Crippen molar-refractivity contribution in [3.05, 3.63) is 0 Å². The van der Waals surface area contributed by atoms with Crippen molar-refractivity contribution in [2.75, 3.05) is 26.2 Å². The van der Waals surface area contributed by atoms with Crippen LogP contribution in [0.2, 0.25) is 0 Å². The van der Waals surface area contributed by atoms with Gasteiger partial charge < -0.3 is 10.2 Å². The normalized spacial score (nSPS) is 40.5. The van der Waals surface area contributed by atoms with E-state index in [1.165, 1.54) is 77.5 Å². The van der Waals surface area contributed by atoms with Crippen molar-refractivity contribution in [1.29, 1.82) is 0 Å². The molecule has 2 aliphatic carbocycles. The predicted molar refractivity (Wildman–Crippen MR) is 85.9 cm³/mol. The molecule has 116 valence electrons. The van der Waals surface area contributed by atoms with Crippen molar-refractivity contribution in [3.63, 3.8) is 0 Å². The van der Waals surface area contributed by atoms with Gasteiger partial charge in [0.25, 0.3) is 0 Å². The van der Waals surface area contributed by atoms with Gasteiger partial charge in [0.1, 0.15) is 0 Å².